The second-order valence-corrected chi connectivity index (χ2v) is 20.7. The second-order valence-electron chi connectivity index (χ2n) is 20.7. The van der Waals surface area contributed by atoms with Crippen molar-refractivity contribution in [2.45, 2.75) is 47.0 Å². The molecule has 75 heavy (non-hydrogen) atoms. The van der Waals surface area contributed by atoms with Crippen LogP contribution in [0.1, 0.15) is 55.6 Å². The Hall–Kier alpha value is -9.12. The molecule has 0 aliphatic heterocycles. The third-order valence-corrected chi connectivity index (χ3v) is 16.6. The van der Waals surface area contributed by atoms with E-state index in [4.69, 9.17) is 8.83 Å². The van der Waals surface area contributed by atoms with Crippen LogP contribution in [0, 0.1) is 41.5 Å². The highest BCUT2D eigenvalue weighted by molar-refractivity contribution is 6.15. The van der Waals surface area contributed by atoms with E-state index in [1.54, 1.807) is 0 Å². The van der Waals surface area contributed by atoms with Crippen LogP contribution in [0.25, 0.3) is 65.8 Å². The van der Waals surface area contributed by atoms with Gasteiger partial charge in [-0.05, 0) is 180 Å². The first-order valence-electron chi connectivity index (χ1n) is 26.1. The lowest BCUT2D eigenvalue weighted by molar-refractivity contribution is 0.668. The van der Waals surface area contributed by atoms with Crippen LogP contribution in [0.4, 0.5) is 34.1 Å². The molecule has 0 fully saturated rings. The number of hydrogen-bond acceptors (Lipinski definition) is 4. The monoisotopic (exact) mass is 966 g/mol. The van der Waals surface area contributed by atoms with E-state index in [1.807, 2.05) is 0 Å². The summed E-state index contributed by atoms with van der Waals surface area (Å²) in [6.45, 7) is 13.4. The van der Waals surface area contributed by atoms with Crippen molar-refractivity contribution in [3.8, 4) is 11.1 Å². The summed E-state index contributed by atoms with van der Waals surface area (Å²) in [6, 6.07) is 80.4. The van der Waals surface area contributed by atoms with Gasteiger partial charge in [0.05, 0.1) is 22.5 Å². The normalized spacial score (nSPS) is 12.8. The average molecular weight is 967 g/mol. The number of hydrogen-bond donors (Lipinski definition) is 0. The predicted molar refractivity (Wildman–Crippen MR) is 314 cm³/mol. The van der Waals surface area contributed by atoms with Gasteiger partial charge in [-0.1, -0.05) is 152 Å². The van der Waals surface area contributed by atoms with Gasteiger partial charge in [-0.25, -0.2) is 0 Å². The van der Waals surface area contributed by atoms with Crippen molar-refractivity contribution < 1.29 is 8.83 Å². The molecule has 14 rings (SSSR count). The lowest BCUT2D eigenvalue weighted by Gasteiger charge is -2.36. The highest BCUT2D eigenvalue weighted by Gasteiger charge is 2.48. The van der Waals surface area contributed by atoms with Crippen molar-refractivity contribution in [3.05, 3.63) is 274 Å². The largest absolute Gasteiger partial charge is 0.454 e. The van der Waals surface area contributed by atoms with E-state index >= 15 is 0 Å². The number of benzene rings is 11. The standard InChI is InChI=1S/C71H54N2O2/c1-43-37-52(38-44(2)47(43)5)72(63-31-19-29-58-55-26-15-17-33-66(55)74-69(58)63)51-35-36-60-61(41-51)71(49-21-9-7-10-22-49,50-23-11-8-12-24-50)62-42-65(54-25-13-14-28-57(54)68(60)62)73(53-39-45(3)48(6)46(4)40-53)64-32-20-30-59-56-27-16-18-34-67(56)75-70(59)64/h7-42H,1-6H3. The summed E-state index contributed by atoms with van der Waals surface area (Å²) in [7, 11) is 0. The fourth-order valence-electron chi connectivity index (χ4n) is 12.6. The van der Waals surface area contributed by atoms with Crippen molar-refractivity contribution in [2.75, 3.05) is 9.80 Å². The number of aryl methyl sites for hydroxylation is 4. The minimum atomic E-state index is -0.770. The first kappa shape index (κ1) is 44.6. The highest BCUT2D eigenvalue weighted by Crippen LogP contribution is 2.61. The summed E-state index contributed by atoms with van der Waals surface area (Å²) >= 11 is 0. The Morgan fingerprint density at radius 3 is 1.29 bits per heavy atom. The number of anilines is 6. The molecule has 0 unspecified atom stereocenters. The molecule has 1 aliphatic rings. The molecular formula is C71H54N2O2. The van der Waals surface area contributed by atoms with Crippen LogP contribution in [0.2, 0.25) is 0 Å². The van der Waals surface area contributed by atoms with Crippen molar-refractivity contribution in [3.63, 3.8) is 0 Å². The summed E-state index contributed by atoms with van der Waals surface area (Å²) in [5, 5.41) is 6.71. The van der Waals surface area contributed by atoms with E-state index in [0.29, 0.717) is 0 Å². The van der Waals surface area contributed by atoms with Gasteiger partial charge in [0, 0.05) is 44.0 Å². The van der Waals surface area contributed by atoms with E-state index in [1.165, 1.54) is 72.1 Å². The quantitative estimate of drug-likeness (QED) is 0.152. The molecule has 2 heterocycles. The van der Waals surface area contributed by atoms with Crippen molar-refractivity contribution in [1.29, 1.82) is 0 Å². The molecule has 2 aromatic heterocycles. The topological polar surface area (TPSA) is 32.8 Å². The summed E-state index contributed by atoms with van der Waals surface area (Å²) < 4.78 is 13.8. The molecule has 0 N–H and O–H groups in total. The van der Waals surface area contributed by atoms with Crippen molar-refractivity contribution >= 4 is 88.8 Å². The fourth-order valence-corrected chi connectivity index (χ4v) is 12.6. The minimum absolute atomic E-state index is 0.770. The van der Waals surface area contributed by atoms with Gasteiger partial charge in [0.1, 0.15) is 11.2 Å². The number of para-hydroxylation sites is 4. The van der Waals surface area contributed by atoms with E-state index in [2.05, 4.69) is 270 Å². The molecule has 11 aromatic carbocycles. The predicted octanol–water partition coefficient (Wildman–Crippen LogP) is 19.8. The zero-order chi connectivity index (χ0) is 50.7. The highest BCUT2D eigenvalue weighted by atomic mass is 16.3. The second kappa shape index (κ2) is 17.0. The summed E-state index contributed by atoms with van der Waals surface area (Å²) in [5.41, 5.74) is 23.7. The molecule has 0 saturated carbocycles. The van der Waals surface area contributed by atoms with Crippen LogP contribution in [-0.4, -0.2) is 0 Å². The van der Waals surface area contributed by atoms with Crippen LogP contribution in [0.3, 0.4) is 0 Å². The molecule has 360 valence electrons. The van der Waals surface area contributed by atoms with Crippen LogP contribution >= 0.6 is 0 Å². The minimum Gasteiger partial charge on any atom is -0.454 e. The molecule has 4 heteroatoms. The van der Waals surface area contributed by atoms with E-state index in [-0.39, 0.29) is 0 Å². The molecule has 0 atom stereocenters. The molecule has 0 bridgehead atoms. The summed E-state index contributed by atoms with van der Waals surface area (Å²) in [5.74, 6) is 0. The average Bonchev–Trinajstić information content (AvgIpc) is 4.25. The number of furan rings is 2. The summed E-state index contributed by atoms with van der Waals surface area (Å²) in [6.07, 6.45) is 0. The van der Waals surface area contributed by atoms with Gasteiger partial charge < -0.3 is 18.6 Å². The third kappa shape index (κ3) is 6.62. The van der Waals surface area contributed by atoms with Crippen molar-refractivity contribution in [1.82, 2.24) is 0 Å². The smallest absolute Gasteiger partial charge is 0.159 e. The van der Waals surface area contributed by atoms with Gasteiger partial charge in [-0.15, -0.1) is 0 Å². The lowest BCUT2D eigenvalue weighted by atomic mass is 9.67. The Kier molecular flexibility index (Phi) is 10.1. The van der Waals surface area contributed by atoms with Crippen LogP contribution in [-0.2, 0) is 5.41 Å². The molecule has 0 spiro atoms. The first-order valence-corrected chi connectivity index (χ1v) is 26.1. The van der Waals surface area contributed by atoms with Gasteiger partial charge >= 0.3 is 0 Å². The maximum Gasteiger partial charge on any atom is 0.159 e. The van der Waals surface area contributed by atoms with Gasteiger partial charge in [0.25, 0.3) is 0 Å². The molecule has 0 radical (unpaired) electrons. The van der Waals surface area contributed by atoms with Gasteiger partial charge in [-0.3, -0.25) is 0 Å². The van der Waals surface area contributed by atoms with E-state index in [0.717, 1.165) is 83.4 Å². The Morgan fingerprint density at radius 1 is 0.320 bits per heavy atom. The lowest BCUT2D eigenvalue weighted by Crippen LogP contribution is -2.29. The van der Waals surface area contributed by atoms with Crippen LogP contribution in [0.5, 0.6) is 0 Å². The summed E-state index contributed by atoms with van der Waals surface area (Å²) in [4.78, 5) is 4.90. The Balaban J connectivity index is 1.10. The van der Waals surface area contributed by atoms with E-state index < -0.39 is 5.41 Å². The third-order valence-electron chi connectivity index (χ3n) is 16.6. The number of fused-ring (bicyclic) bond motifs is 11. The number of rotatable bonds is 8. The Bertz CT molecular complexity index is 4360. The molecule has 0 saturated heterocycles. The number of nitrogens with zero attached hydrogens (tertiary/aromatic N) is 2. The van der Waals surface area contributed by atoms with Crippen molar-refractivity contribution in [2.24, 2.45) is 0 Å². The van der Waals surface area contributed by atoms with Gasteiger partial charge in [0.2, 0.25) is 0 Å². The maximum atomic E-state index is 6.95. The maximum absolute atomic E-state index is 6.95. The molecule has 0 amide bonds. The zero-order valence-electron chi connectivity index (χ0n) is 43.0. The Morgan fingerprint density at radius 2 is 0.760 bits per heavy atom. The first-order chi connectivity index (χ1) is 36.7. The van der Waals surface area contributed by atoms with Crippen LogP contribution < -0.4 is 9.80 Å². The fraction of sp³-hybridized carbons (Fsp3) is 0.0986. The Labute approximate surface area is 437 Å². The van der Waals surface area contributed by atoms with Crippen LogP contribution in [0.15, 0.2) is 227 Å². The van der Waals surface area contributed by atoms with Gasteiger partial charge in [-0.2, -0.15) is 0 Å². The molecular weight excluding hydrogens is 913 g/mol. The van der Waals surface area contributed by atoms with Gasteiger partial charge in [0.15, 0.2) is 11.2 Å². The SMILES string of the molecule is Cc1cc(N(c2ccc3c(c2)C(c2ccccc2)(c2ccccc2)c2cc(N(c4cc(C)c(C)c(C)c4)c4cccc5c4oc4ccccc45)c4ccccc4c2-3)c2cccc3c2oc2ccccc23)cc(C)c1C. The van der Waals surface area contributed by atoms with E-state index in [9.17, 15) is 0 Å². The zero-order valence-corrected chi connectivity index (χ0v) is 43.0. The molecule has 13 aromatic rings. The molecule has 4 nitrogen and oxygen atoms in total. The molecule has 1 aliphatic carbocycles.